The van der Waals surface area contributed by atoms with Gasteiger partial charge in [-0.3, -0.25) is 4.79 Å². The van der Waals surface area contributed by atoms with E-state index in [4.69, 9.17) is 0 Å². The van der Waals surface area contributed by atoms with E-state index < -0.39 is 5.60 Å². The van der Waals surface area contributed by atoms with Gasteiger partial charge in [0.2, 0.25) is 0 Å². The minimum absolute atomic E-state index is 0.228. The summed E-state index contributed by atoms with van der Waals surface area (Å²) in [7, 11) is 0. The van der Waals surface area contributed by atoms with Crippen molar-refractivity contribution in [3.63, 3.8) is 0 Å². The van der Waals surface area contributed by atoms with Gasteiger partial charge in [0.05, 0.1) is 5.60 Å². The maximum Gasteiger partial charge on any atom is 0.251 e. The molecule has 2 aromatic rings. The van der Waals surface area contributed by atoms with Gasteiger partial charge in [0.1, 0.15) is 12.7 Å². The number of amides is 1. The first kappa shape index (κ1) is 12.7. The second-order valence-electron chi connectivity index (χ2n) is 5.00. The van der Waals surface area contributed by atoms with Crippen molar-refractivity contribution in [1.82, 2.24) is 25.1 Å². The molecular formula is C13H15N5O2. The Labute approximate surface area is 115 Å². The van der Waals surface area contributed by atoms with E-state index in [1.54, 1.807) is 18.3 Å². The summed E-state index contributed by atoms with van der Waals surface area (Å²) in [6.07, 6.45) is 6.96. The lowest BCUT2D eigenvalue weighted by atomic mass is 9.80. The second kappa shape index (κ2) is 5.01. The standard InChI is InChI=1S/C13H15N5O2/c19-12(16-7-13(20)3-1-4-13)10-2-5-15-11(6-10)18-9-14-8-17-18/h2,5-6,8-9,20H,1,3-4,7H2,(H,16,19). The molecule has 3 rings (SSSR count). The minimum atomic E-state index is -0.725. The first-order valence-electron chi connectivity index (χ1n) is 6.48. The van der Waals surface area contributed by atoms with E-state index in [0.717, 1.165) is 19.3 Å². The molecule has 1 saturated carbocycles. The fourth-order valence-electron chi connectivity index (χ4n) is 2.12. The summed E-state index contributed by atoms with van der Waals surface area (Å²) in [5.74, 6) is 0.298. The van der Waals surface area contributed by atoms with Crippen LogP contribution in [0.1, 0.15) is 29.6 Å². The Bertz CT molecular complexity index is 607. The van der Waals surface area contributed by atoms with Gasteiger partial charge >= 0.3 is 0 Å². The lowest BCUT2D eigenvalue weighted by Crippen LogP contribution is -2.47. The Morgan fingerprint density at radius 3 is 3.00 bits per heavy atom. The van der Waals surface area contributed by atoms with Gasteiger partial charge in [-0.05, 0) is 31.4 Å². The van der Waals surface area contributed by atoms with Gasteiger partial charge in [-0.15, -0.1) is 0 Å². The Hall–Kier alpha value is -2.28. The summed E-state index contributed by atoms with van der Waals surface area (Å²) in [6, 6.07) is 3.26. The number of aromatic nitrogens is 4. The molecule has 0 radical (unpaired) electrons. The van der Waals surface area contributed by atoms with Crippen molar-refractivity contribution in [2.45, 2.75) is 24.9 Å². The Balaban J connectivity index is 1.70. The van der Waals surface area contributed by atoms with Crippen molar-refractivity contribution in [3.05, 3.63) is 36.5 Å². The summed E-state index contributed by atoms with van der Waals surface area (Å²) in [6.45, 7) is 0.285. The number of hydrogen-bond donors (Lipinski definition) is 2. The largest absolute Gasteiger partial charge is 0.388 e. The van der Waals surface area contributed by atoms with Gasteiger partial charge < -0.3 is 10.4 Å². The minimum Gasteiger partial charge on any atom is -0.388 e. The zero-order chi connectivity index (χ0) is 14.0. The lowest BCUT2D eigenvalue weighted by molar-refractivity contribution is -0.0300. The van der Waals surface area contributed by atoms with Crippen molar-refractivity contribution in [1.29, 1.82) is 0 Å². The summed E-state index contributed by atoms with van der Waals surface area (Å²) in [5.41, 5.74) is -0.245. The number of rotatable bonds is 4. The normalized spacial score (nSPS) is 16.4. The third kappa shape index (κ3) is 2.53. The summed E-state index contributed by atoms with van der Waals surface area (Å²) >= 11 is 0. The Morgan fingerprint density at radius 1 is 1.50 bits per heavy atom. The predicted molar refractivity (Wildman–Crippen MR) is 70.3 cm³/mol. The molecule has 2 heterocycles. The van der Waals surface area contributed by atoms with Crippen LogP contribution in [0, 0.1) is 0 Å². The molecule has 0 spiro atoms. The van der Waals surface area contributed by atoms with Crippen LogP contribution in [0.3, 0.4) is 0 Å². The second-order valence-corrected chi connectivity index (χ2v) is 5.00. The van der Waals surface area contributed by atoms with E-state index in [0.29, 0.717) is 11.4 Å². The molecule has 0 bridgehead atoms. The average molecular weight is 273 g/mol. The van der Waals surface area contributed by atoms with Crippen molar-refractivity contribution >= 4 is 5.91 Å². The molecule has 7 heteroatoms. The van der Waals surface area contributed by atoms with Crippen LogP contribution < -0.4 is 5.32 Å². The third-order valence-electron chi connectivity index (χ3n) is 3.52. The van der Waals surface area contributed by atoms with Gasteiger partial charge in [-0.1, -0.05) is 0 Å². The molecule has 1 aliphatic carbocycles. The highest BCUT2D eigenvalue weighted by Gasteiger charge is 2.34. The first-order chi connectivity index (χ1) is 9.66. The van der Waals surface area contributed by atoms with E-state index in [1.165, 1.54) is 17.3 Å². The van der Waals surface area contributed by atoms with Crippen LogP contribution in [0.25, 0.3) is 5.82 Å². The molecule has 1 fully saturated rings. The van der Waals surface area contributed by atoms with E-state index >= 15 is 0 Å². The molecule has 0 saturated heterocycles. The van der Waals surface area contributed by atoms with Crippen molar-refractivity contribution in [2.24, 2.45) is 0 Å². The van der Waals surface area contributed by atoms with Gasteiger partial charge in [0, 0.05) is 18.3 Å². The molecular weight excluding hydrogens is 258 g/mol. The molecule has 1 aliphatic rings. The Kier molecular flexibility index (Phi) is 3.19. The number of nitrogens with one attached hydrogen (secondary N) is 1. The van der Waals surface area contributed by atoms with Crippen LogP contribution in [0.2, 0.25) is 0 Å². The fourth-order valence-corrected chi connectivity index (χ4v) is 2.12. The highest BCUT2D eigenvalue weighted by molar-refractivity contribution is 5.94. The molecule has 7 nitrogen and oxygen atoms in total. The average Bonchev–Trinajstić information content (AvgIpc) is 2.97. The maximum atomic E-state index is 12.1. The van der Waals surface area contributed by atoms with E-state index in [9.17, 15) is 9.90 Å². The summed E-state index contributed by atoms with van der Waals surface area (Å²) in [4.78, 5) is 20.0. The zero-order valence-electron chi connectivity index (χ0n) is 10.9. The number of pyridine rings is 1. The molecule has 0 atom stereocenters. The third-order valence-corrected chi connectivity index (χ3v) is 3.52. The van der Waals surface area contributed by atoms with Gasteiger partial charge in [0.15, 0.2) is 5.82 Å². The lowest BCUT2D eigenvalue weighted by Gasteiger charge is -2.36. The molecule has 20 heavy (non-hydrogen) atoms. The predicted octanol–water partition coefficient (Wildman–Crippen LogP) is 0.307. The van der Waals surface area contributed by atoms with Crippen molar-refractivity contribution in [2.75, 3.05) is 6.54 Å². The zero-order valence-corrected chi connectivity index (χ0v) is 10.9. The SMILES string of the molecule is O=C(NCC1(O)CCC1)c1ccnc(-n2cncn2)c1. The van der Waals surface area contributed by atoms with Crippen molar-refractivity contribution in [3.8, 4) is 5.82 Å². The summed E-state index contributed by atoms with van der Waals surface area (Å²) in [5, 5.41) is 16.7. The number of hydrogen-bond acceptors (Lipinski definition) is 5. The maximum absolute atomic E-state index is 12.1. The van der Waals surface area contributed by atoms with Crippen LogP contribution in [-0.4, -0.2) is 42.9 Å². The van der Waals surface area contributed by atoms with Crippen LogP contribution in [0.15, 0.2) is 31.0 Å². The molecule has 1 amide bonds. The molecule has 0 aromatic carbocycles. The van der Waals surface area contributed by atoms with Crippen molar-refractivity contribution < 1.29 is 9.90 Å². The highest BCUT2D eigenvalue weighted by atomic mass is 16.3. The van der Waals surface area contributed by atoms with E-state index in [-0.39, 0.29) is 12.5 Å². The number of aliphatic hydroxyl groups is 1. The molecule has 2 aromatic heterocycles. The molecule has 2 N–H and O–H groups in total. The molecule has 0 unspecified atom stereocenters. The van der Waals surface area contributed by atoms with Crippen LogP contribution in [-0.2, 0) is 0 Å². The van der Waals surface area contributed by atoms with Gasteiger partial charge in [0.25, 0.3) is 5.91 Å². The highest BCUT2D eigenvalue weighted by Crippen LogP contribution is 2.30. The van der Waals surface area contributed by atoms with Gasteiger partial charge in [-0.25, -0.2) is 14.6 Å². The van der Waals surface area contributed by atoms with Crippen LogP contribution in [0.4, 0.5) is 0 Å². The molecule has 0 aliphatic heterocycles. The van der Waals surface area contributed by atoms with E-state index in [1.807, 2.05) is 0 Å². The number of nitrogens with zero attached hydrogens (tertiary/aromatic N) is 4. The summed E-state index contributed by atoms with van der Waals surface area (Å²) < 4.78 is 1.48. The quantitative estimate of drug-likeness (QED) is 0.836. The van der Waals surface area contributed by atoms with Gasteiger partial charge in [-0.2, -0.15) is 5.10 Å². The van der Waals surface area contributed by atoms with E-state index in [2.05, 4.69) is 20.4 Å². The Morgan fingerprint density at radius 2 is 2.35 bits per heavy atom. The smallest absolute Gasteiger partial charge is 0.251 e. The molecule has 104 valence electrons. The number of carbonyl (C=O) groups is 1. The topological polar surface area (TPSA) is 92.9 Å². The first-order valence-corrected chi connectivity index (χ1v) is 6.48. The fraction of sp³-hybridized carbons (Fsp3) is 0.385. The van der Waals surface area contributed by atoms with Crippen LogP contribution >= 0.6 is 0 Å². The number of carbonyl (C=O) groups excluding carboxylic acids is 1. The monoisotopic (exact) mass is 273 g/mol. The van der Waals surface area contributed by atoms with Crippen LogP contribution in [0.5, 0.6) is 0 Å².